The van der Waals surface area contributed by atoms with Gasteiger partial charge in [0.1, 0.15) is 5.52 Å². The minimum Gasteiger partial charge on any atom is -0.436 e. The number of anilines is 1. The highest BCUT2D eigenvalue weighted by Crippen LogP contribution is 2.38. The minimum absolute atomic E-state index is 0.0691. The molecule has 0 fully saturated rings. The molecule has 4 heteroatoms. The lowest BCUT2D eigenvalue weighted by molar-refractivity contribution is 0.620. The van der Waals surface area contributed by atoms with Gasteiger partial charge in [0.05, 0.1) is 17.4 Å². The number of unbranched alkanes of at least 4 members (excludes halogenated alkanes) is 4. The quantitative estimate of drug-likeness (QED) is 0.107. The topological polar surface area (TPSA) is 41.3 Å². The van der Waals surface area contributed by atoms with Crippen molar-refractivity contribution >= 4 is 22.9 Å². The highest BCUT2D eigenvalue weighted by atomic mass is 16.3. The largest absolute Gasteiger partial charge is 0.436 e. The SMILES string of the molecule is CCCCc1cccc(CCCC)c1C=CC1=CC(c2c(CCCC)cccc2CCCC)N(c2ccc(-c3nc4ccccc4o3)cc2)N1. The van der Waals surface area contributed by atoms with Crippen molar-refractivity contribution in [2.24, 2.45) is 0 Å². The van der Waals surface area contributed by atoms with E-state index in [4.69, 9.17) is 9.40 Å². The molecule has 0 spiro atoms. The van der Waals surface area contributed by atoms with E-state index in [1.54, 1.807) is 0 Å². The zero-order valence-electron chi connectivity index (χ0n) is 30.7. The maximum atomic E-state index is 6.12. The molecule has 1 aliphatic rings. The van der Waals surface area contributed by atoms with Crippen LogP contribution in [-0.2, 0) is 25.7 Å². The zero-order chi connectivity index (χ0) is 34.7. The van der Waals surface area contributed by atoms with Gasteiger partial charge >= 0.3 is 0 Å². The lowest BCUT2D eigenvalue weighted by atomic mass is 9.89. The van der Waals surface area contributed by atoms with Crippen LogP contribution in [0, 0.1) is 0 Å². The lowest BCUT2D eigenvalue weighted by Crippen LogP contribution is -2.35. The Bertz CT molecular complexity index is 1810. The van der Waals surface area contributed by atoms with Crippen molar-refractivity contribution in [3.05, 3.63) is 136 Å². The van der Waals surface area contributed by atoms with E-state index < -0.39 is 0 Å². The van der Waals surface area contributed by atoms with E-state index in [9.17, 15) is 0 Å². The third-order valence-electron chi connectivity index (χ3n) is 10.0. The van der Waals surface area contributed by atoms with Crippen LogP contribution in [0.3, 0.4) is 0 Å². The number of aryl methyl sites for hydroxylation is 4. The van der Waals surface area contributed by atoms with Crippen LogP contribution in [0.1, 0.15) is 118 Å². The van der Waals surface area contributed by atoms with Crippen LogP contribution in [0.2, 0.25) is 0 Å². The summed E-state index contributed by atoms with van der Waals surface area (Å²) in [5.41, 5.74) is 17.5. The molecule has 0 saturated carbocycles. The fourth-order valence-corrected chi connectivity index (χ4v) is 7.22. The van der Waals surface area contributed by atoms with Crippen molar-refractivity contribution in [2.45, 2.75) is 111 Å². The van der Waals surface area contributed by atoms with Gasteiger partial charge in [0.25, 0.3) is 0 Å². The number of para-hydroxylation sites is 2. The van der Waals surface area contributed by atoms with E-state index in [-0.39, 0.29) is 6.04 Å². The summed E-state index contributed by atoms with van der Waals surface area (Å²) in [4.78, 5) is 4.75. The molecule has 0 radical (unpaired) electrons. The van der Waals surface area contributed by atoms with Crippen LogP contribution < -0.4 is 10.4 Å². The third-order valence-corrected chi connectivity index (χ3v) is 10.0. The molecule has 1 aromatic heterocycles. The van der Waals surface area contributed by atoms with E-state index >= 15 is 0 Å². The summed E-state index contributed by atoms with van der Waals surface area (Å²) < 4.78 is 6.12. The summed E-state index contributed by atoms with van der Waals surface area (Å²) in [7, 11) is 0. The van der Waals surface area contributed by atoms with Crippen LogP contribution in [0.25, 0.3) is 28.6 Å². The van der Waals surface area contributed by atoms with Crippen molar-refractivity contribution in [1.29, 1.82) is 0 Å². The molecular weight excluding hydrogens is 611 g/mol. The average Bonchev–Trinajstić information content (AvgIpc) is 3.79. The second-order valence-electron chi connectivity index (χ2n) is 13.8. The van der Waals surface area contributed by atoms with Crippen LogP contribution in [0.4, 0.5) is 5.69 Å². The minimum atomic E-state index is 0.0691. The number of oxazole rings is 1. The molecule has 2 heterocycles. The van der Waals surface area contributed by atoms with Gasteiger partial charge in [-0.15, -0.1) is 0 Å². The zero-order valence-corrected chi connectivity index (χ0v) is 30.7. The molecule has 4 nitrogen and oxygen atoms in total. The molecule has 260 valence electrons. The molecule has 1 aliphatic heterocycles. The molecule has 1 atom stereocenters. The molecule has 1 N–H and O–H groups in total. The summed E-state index contributed by atoms with van der Waals surface area (Å²) in [6, 6.07) is 30.6. The van der Waals surface area contributed by atoms with Gasteiger partial charge < -0.3 is 4.42 Å². The summed E-state index contributed by atoms with van der Waals surface area (Å²) >= 11 is 0. The third kappa shape index (κ3) is 8.24. The number of nitrogens with one attached hydrogen (secondary N) is 1. The molecule has 0 aliphatic carbocycles. The number of hydrogen-bond acceptors (Lipinski definition) is 4. The predicted molar refractivity (Wildman–Crippen MR) is 212 cm³/mol. The van der Waals surface area contributed by atoms with E-state index in [0.717, 1.165) is 53.7 Å². The van der Waals surface area contributed by atoms with Crippen molar-refractivity contribution < 1.29 is 4.42 Å². The van der Waals surface area contributed by atoms with Crippen molar-refractivity contribution in [2.75, 3.05) is 5.01 Å². The first-order chi connectivity index (χ1) is 24.6. The highest BCUT2D eigenvalue weighted by Gasteiger charge is 2.29. The van der Waals surface area contributed by atoms with Crippen molar-refractivity contribution in [3.8, 4) is 11.5 Å². The number of allylic oxidation sites excluding steroid dienone is 1. The summed E-state index contributed by atoms with van der Waals surface area (Å²) in [5.74, 6) is 0.651. The molecule has 0 saturated heterocycles. The van der Waals surface area contributed by atoms with Gasteiger partial charge in [0.15, 0.2) is 5.58 Å². The van der Waals surface area contributed by atoms with Crippen LogP contribution in [0.5, 0.6) is 0 Å². The van der Waals surface area contributed by atoms with Crippen molar-refractivity contribution in [1.82, 2.24) is 10.4 Å². The Morgan fingerprint density at radius 1 is 0.640 bits per heavy atom. The van der Waals surface area contributed by atoms with Crippen LogP contribution in [-0.4, -0.2) is 4.98 Å². The Morgan fingerprint density at radius 2 is 1.20 bits per heavy atom. The summed E-state index contributed by atoms with van der Waals surface area (Å²) in [5, 5.41) is 2.37. The molecule has 5 aromatic rings. The van der Waals surface area contributed by atoms with Crippen LogP contribution in [0.15, 0.2) is 107 Å². The van der Waals surface area contributed by atoms with Gasteiger partial charge in [0, 0.05) is 5.56 Å². The van der Waals surface area contributed by atoms with E-state index in [0.29, 0.717) is 5.89 Å². The van der Waals surface area contributed by atoms with E-state index in [1.807, 2.05) is 24.3 Å². The first kappa shape index (κ1) is 35.3. The Hall–Kier alpha value is -4.57. The molecule has 1 unspecified atom stereocenters. The first-order valence-electron chi connectivity index (χ1n) is 19.3. The Kier molecular flexibility index (Phi) is 12.3. The summed E-state index contributed by atoms with van der Waals surface area (Å²) in [6.45, 7) is 9.15. The number of nitrogens with zero attached hydrogens (tertiary/aromatic N) is 2. The monoisotopic (exact) mass is 665 g/mol. The van der Waals surface area contributed by atoms with Gasteiger partial charge in [-0.05, 0) is 133 Å². The smallest absolute Gasteiger partial charge is 0.227 e. The number of rotatable bonds is 17. The van der Waals surface area contributed by atoms with Gasteiger partial charge in [-0.1, -0.05) is 108 Å². The Morgan fingerprint density at radius 3 is 1.78 bits per heavy atom. The fraction of sp³-hybridized carbons (Fsp3) is 0.370. The standard InChI is InChI=1S/C46H55N3O/c1-5-9-17-34-21-15-22-35(18-10-6-2)41(34)32-29-39-33-43(45-36(19-11-7-3)23-16-24-37(45)20-12-8-4)49(48-39)40-30-27-38(28-31-40)46-47-42-25-13-14-26-44(42)50-46/h13-16,21-33,43,48H,5-12,17-20H2,1-4H3. The van der Waals surface area contributed by atoms with E-state index in [2.05, 4.69) is 117 Å². The number of hydrogen-bond donors (Lipinski definition) is 1. The number of fused-ring (bicyclic) bond motifs is 1. The predicted octanol–water partition coefficient (Wildman–Crippen LogP) is 12.5. The van der Waals surface area contributed by atoms with Gasteiger partial charge in [-0.25, -0.2) is 4.98 Å². The molecule has 6 rings (SSSR count). The molecule has 0 bridgehead atoms. The molecular formula is C46H55N3O. The Balaban J connectivity index is 1.39. The Labute approximate surface area is 300 Å². The second-order valence-corrected chi connectivity index (χ2v) is 13.8. The van der Waals surface area contributed by atoms with Gasteiger partial charge in [0.2, 0.25) is 5.89 Å². The first-order valence-corrected chi connectivity index (χ1v) is 19.3. The lowest BCUT2D eigenvalue weighted by Gasteiger charge is -2.30. The van der Waals surface area contributed by atoms with Gasteiger partial charge in [-0.3, -0.25) is 10.4 Å². The molecule has 4 aromatic carbocycles. The second kappa shape index (κ2) is 17.4. The normalized spacial score (nSPS) is 14.5. The van der Waals surface area contributed by atoms with Crippen LogP contribution >= 0.6 is 0 Å². The summed E-state index contributed by atoms with van der Waals surface area (Å²) in [6.07, 6.45) is 21.2. The maximum absolute atomic E-state index is 6.12. The van der Waals surface area contributed by atoms with Crippen molar-refractivity contribution in [3.63, 3.8) is 0 Å². The molecule has 0 amide bonds. The molecule has 50 heavy (non-hydrogen) atoms. The fourth-order valence-electron chi connectivity index (χ4n) is 7.22. The highest BCUT2D eigenvalue weighted by molar-refractivity contribution is 5.76. The average molecular weight is 666 g/mol. The van der Waals surface area contributed by atoms with E-state index in [1.165, 1.54) is 84.7 Å². The number of hydrazine groups is 1. The number of benzene rings is 4. The maximum Gasteiger partial charge on any atom is 0.227 e. The van der Waals surface area contributed by atoms with Gasteiger partial charge in [-0.2, -0.15) is 0 Å². The number of aromatic nitrogens is 1.